The number of hydrogen-bond donors (Lipinski definition) is 1. The number of benzene rings is 1. The Kier molecular flexibility index (Phi) is 5.36. The molecule has 0 fully saturated rings. The van der Waals surface area contributed by atoms with Crippen LogP contribution < -0.4 is 5.73 Å². The van der Waals surface area contributed by atoms with Gasteiger partial charge in [0.05, 0.1) is 0 Å². The molecule has 2 unspecified atom stereocenters. The van der Waals surface area contributed by atoms with Crippen LogP contribution in [-0.2, 0) is 0 Å². The van der Waals surface area contributed by atoms with E-state index in [-0.39, 0.29) is 6.04 Å². The predicted molar refractivity (Wildman–Crippen MR) is 75.2 cm³/mol. The number of halogens is 2. The highest BCUT2D eigenvalue weighted by Gasteiger charge is 2.16. The summed E-state index contributed by atoms with van der Waals surface area (Å²) in [6.45, 7) is 4.39. The smallest absolute Gasteiger partial charge is 0.0410 e. The molecule has 15 heavy (non-hydrogen) atoms. The van der Waals surface area contributed by atoms with Gasteiger partial charge in [-0.15, -0.1) is 0 Å². The minimum Gasteiger partial charge on any atom is -0.324 e. The zero-order valence-corrected chi connectivity index (χ0v) is 12.0. The number of rotatable bonds is 4. The Morgan fingerprint density at radius 1 is 1.47 bits per heavy atom. The first-order chi connectivity index (χ1) is 7.06. The first-order valence-electron chi connectivity index (χ1n) is 5.26. The van der Waals surface area contributed by atoms with E-state index in [0.29, 0.717) is 5.92 Å². The molecule has 0 heterocycles. The second kappa shape index (κ2) is 6.06. The normalized spacial score (nSPS) is 15.0. The standard InChI is InChI=1S/C12H17ClIN/c1-3-4-8(2)12(15)10-7-9(13)5-6-11(10)14/h5-8,12H,3-4,15H2,1-2H3. The summed E-state index contributed by atoms with van der Waals surface area (Å²) in [5.74, 6) is 0.502. The van der Waals surface area contributed by atoms with Crippen molar-refractivity contribution in [2.24, 2.45) is 11.7 Å². The molecule has 3 heteroatoms. The van der Waals surface area contributed by atoms with E-state index >= 15 is 0 Å². The Morgan fingerprint density at radius 2 is 2.13 bits per heavy atom. The van der Waals surface area contributed by atoms with Crippen molar-refractivity contribution in [3.63, 3.8) is 0 Å². The van der Waals surface area contributed by atoms with Gasteiger partial charge < -0.3 is 5.73 Å². The van der Waals surface area contributed by atoms with Crippen molar-refractivity contribution in [2.45, 2.75) is 32.7 Å². The summed E-state index contributed by atoms with van der Waals surface area (Å²) in [5, 5.41) is 0.768. The van der Waals surface area contributed by atoms with Crippen molar-refractivity contribution in [3.8, 4) is 0 Å². The highest BCUT2D eigenvalue weighted by atomic mass is 127. The maximum Gasteiger partial charge on any atom is 0.0410 e. The van der Waals surface area contributed by atoms with Gasteiger partial charge in [0.15, 0.2) is 0 Å². The van der Waals surface area contributed by atoms with Crippen LogP contribution in [0, 0.1) is 9.49 Å². The van der Waals surface area contributed by atoms with E-state index in [1.165, 1.54) is 15.6 Å². The van der Waals surface area contributed by atoms with Crippen LogP contribution in [-0.4, -0.2) is 0 Å². The molecule has 1 aromatic rings. The summed E-state index contributed by atoms with van der Waals surface area (Å²) in [5.41, 5.74) is 7.40. The lowest BCUT2D eigenvalue weighted by Gasteiger charge is -2.21. The highest BCUT2D eigenvalue weighted by Crippen LogP contribution is 2.28. The summed E-state index contributed by atoms with van der Waals surface area (Å²) < 4.78 is 1.20. The van der Waals surface area contributed by atoms with Gasteiger partial charge in [-0.1, -0.05) is 31.9 Å². The molecule has 0 saturated carbocycles. The molecule has 0 amide bonds. The monoisotopic (exact) mass is 337 g/mol. The lowest BCUT2D eigenvalue weighted by Crippen LogP contribution is -2.20. The Morgan fingerprint density at radius 3 is 2.73 bits per heavy atom. The third-order valence-electron chi connectivity index (χ3n) is 2.67. The lowest BCUT2D eigenvalue weighted by molar-refractivity contribution is 0.432. The van der Waals surface area contributed by atoms with Gasteiger partial charge in [-0.2, -0.15) is 0 Å². The summed E-state index contributed by atoms with van der Waals surface area (Å²) in [4.78, 5) is 0. The minimum absolute atomic E-state index is 0.0931. The van der Waals surface area contributed by atoms with Crippen molar-refractivity contribution in [2.75, 3.05) is 0 Å². The van der Waals surface area contributed by atoms with E-state index in [1.807, 2.05) is 18.2 Å². The van der Waals surface area contributed by atoms with E-state index in [0.717, 1.165) is 11.4 Å². The van der Waals surface area contributed by atoms with Crippen LogP contribution in [0.15, 0.2) is 18.2 Å². The maximum absolute atomic E-state index is 6.23. The van der Waals surface area contributed by atoms with Crippen molar-refractivity contribution in [3.05, 3.63) is 32.4 Å². The zero-order chi connectivity index (χ0) is 11.4. The predicted octanol–water partition coefficient (Wildman–Crippen LogP) is 4.38. The molecule has 0 spiro atoms. The van der Waals surface area contributed by atoms with Crippen molar-refractivity contribution < 1.29 is 0 Å². The van der Waals surface area contributed by atoms with E-state index in [4.69, 9.17) is 17.3 Å². The van der Waals surface area contributed by atoms with Crippen molar-refractivity contribution >= 4 is 34.2 Å². The quantitative estimate of drug-likeness (QED) is 0.811. The molecule has 2 N–H and O–H groups in total. The molecule has 0 radical (unpaired) electrons. The zero-order valence-electron chi connectivity index (χ0n) is 9.13. The fourth-order valence-electron chi connectivity index (χ4n) is 1.71. The largest absolute Gasteiger partial charge is 0.324 e. The van der Waals surface area contributed by atoms with Crippen LogP contribution >= 0.6 is 34.2 Å². The Labute approximate surface area is 111 Å². The Hall–Kier alpha value is 0.200. The molecule has 2 atom stereocenters. The molecule has 84 valence electrons. The first-order valence-corrected chi connectivity index (χ1v) is 6.72. The molecule has 1 nitrogen and oxygen atoms in total. The van der Waals surface area contributed by atoms with Crippen LogP contribution in [0.3, 0.4) is 0 Å². The average Bonchev–Trinajstić information content (AvgIpc) is 2.21. The van der Waals surface area contributed by atoms with Gasteiger partial charge in [0.1, 0.15) is 0 Å². The summed E-state index contributed by atoms with van der Waals surface area (Å²) in [6.07, 6.45) is 2.33. The minimum atomic E-state index is 0.0931. The summed E-state index contributed by atoms with van der Waals surface area (Å²) in [6, 6.07) is 6.01. The molecule has 0 aliphatic heterocycles. The van der Waals surface area contributed by atoms with Gasteiger partial charge in [0.25, 0.3) is 0 Å². The molecule has 0 aliphatic carbocycles. The van der Waals surface area contributed by atoms with Crippen LogP contribution in [0.2, 0.25) is 5.02 Å². The second-order valence-electron chi connectivity index (χ2n) is 3.96. The topological polar surface area (TPSA) is 26.0 Å². The fraction of sp³-hybridized carbons (Fsp3) is 0.500. The fourth-order valence-corrected chi connectivity index (χ4v) is 2.59. The molecule has 0 aromatic heterocycles. The molecule has 0 aliphatic rings. The van der Waals surface area contributed by atoms with Gasteiger partial charge in [0.2, 0.25) is 0 Å². The van der Waals surface area contributed by atoms with Crippen molar-refractivity contribution in [1.29, 1.82) is 0 Å². The van der Waals surface area contributed by atoms with Crippen LogP contribution in [0.1, 0.15) is 38.3 Å². The van der Waals surface area contributed by atoms with Gasteiger partial charge >= 0.3 is 0 Å². The summed E-state index contributed by atoms with van der Waals surface area (Å²) in [7, 11) is 0. The number of hydrogen-bond acceptors (Lipinski definition) is 1. The highest BCUT2D eigenvalue weighted by molar-refractivity contribution is 14.1. The Bertz CT molecular complexity index is 327. The van der Waals surface area contributed by atoms with E-state index < -0.39 is 0 Å². The first kappa shape index (κ1) is 13.3. The maximum atomic E-state index is 6.23. The molecule has 0 bridgehead atoms. The number of nitrogens with two attached hydrogens (primary N) is 1. The Balaban J connectivity index is 2.89. The lowest BCUT2D eigenvalue weighted by atomic mass is 9.92. The van der Waals surface area contributed by atoms with E-state index in [1.54, 1.807) is 0 Å². The van der Waals surface area contributed by atoms with E-state index in [2.05, 4.69) is 36.4 Å². The molecule has 1 rings (SSSR count). The SMILES string of the molecule is CCCC(C)C(N)c1cc(Cl)ccc1I. The van der Waals surface area contributed by atoms with Crippen LogP contribution in [0.4, 0.5) is 0 Å². The average molecular weight is 338 g/mol. The van der Waals surface area contributed by atoms with Gasteiger partial charge in [-0.25, -0.2) is 0 Å². The van der Waals surface area contributed by atoms with Crippen LogP contribution in [0.25, 0.3) is 0 Å². The van der Waals surface area contributed by atoms with Crippen LogP contribution in [0.5, 0.6) is 0 Å². The van der Waals surface area contributed by atoms with Crippen molar-refractivity contribution in [1.82, 2.24) is 0 Å². The van der Waals surface area contributed by atoms with Gasteiger partial charge in [-0.3, -0.25) is 0 Å². The van der Waals surface area contributed by atoms with Gasteiger partial charge in [-0.05, 0) is 58.7 Å². The third kappa shape index (κ3) is 3.61. The molecular formula is C12H17ClIN. The molecule has 0 saturated heterocycles. The van der Waals surface area contributed by atoms with Gasteiger partial charge in [0, 0.05) is 14.6 Å². The molecular weight excluding hydrogens is 320 g/mol. The summed E-state index contributed by atoms with van der Waals surface area (Å²) >= 11 is 8.30. The second-order valence-corrected chi connectivity index (χ2v) is 5.56. The van der Waals surface area contributed by atoms with E-state index in [9.17, 15) is 0 Å². The molecule has 1 aromatic carbocycles. The third-order valence-corrected chi connectivity index (χ3v) is 3.89.